The van der Waals surface area contributed by atoms with Gasteiger partial charge in [-0.05, 0) is 31.0 Å². The molecule has 1 aliphatic heterocycles. The van der Waals surface area contributed by atoms with Gasteiger partial charge in [-0.25, -0.2) is 0 Å². The van der Waals surface area contributed by atoms with Gasteiger partial charge in [0.25, 0.3) is 0 Å². The number of nitriles is 1. The predicted molar refractivity (Wildman–Crippen MR) is 61.8 cm³/mol. The topological polar surface area (TPSA) is 27.0 Å². The molecule has 0 radical (unpaired) electrons. The van der Waals surface area contributed by atoms with Crippen molar-refractivity contribution in [2.75, 3.05) is 18.0 Å². The molecule has 1 saturated heterocycles. The summed E-state index contributed by atoms with van der Waals surface area (Å²) in [5, 5.41) is 8.85. The lowest BCUT2D eigenvalue weighted by molar-refractivity contribution is 0.726. The highest BCUT2D eigenvalue weighted by Gasteiger charge is 2.09. The monoisotopic (exact) mass is 200 g/mol. The van der Waals surface area contributed by atoms with Crippen LogP contribution in [0.1, 0.15) is 31.2 Å². The summed E-state index contributed by atoms with van der Waals surface area (Å²) < 4.78 is 0. The van der Waals surface area contributed by atoms with E-state index in [4.69, 9.17) is 5.26 Å². The largest absolute Gasteiger partial charge is 0.372 e. The molecule has 1 fully saturated rings. The molecule has 0 amide bonds. The maximum Gasteiger partial charge on any atom is 0.0992 e. The Morgan fingerprint density at radius 2 is 1.80 bits per heavy atom. The van der Waals surface area contributed by atoms with Gasteiger partial charge >= 0.3 is 0 Å². The summed E-state index contributed by atoms with van der Waals surface area (Å²) in [5.41, 5.74) is 1.97. The van der Waals surface area contributed by atoms with E-state index < -0.39 is 0 Å². The molecule has 1 aliphatic rings. The normalized spacial score (nSPS) is 16.9. The zero-order chi connectivity index (χ0) is 10.5. The van der Waals surface area contributed by atoms with Gasteiger partial charge in [0.2, 0.25) is 0 Å². The second-order valence-corrected chi connectivity index (χ2v) is 4.06. The highest BCUT2D eigenvalue weighted by Crippen LogP contribution is 2.20. The van der Waals surface area contributed by atoms with Gasteiger partial charge in [0.05, 0.1) is 11.6 Å². The van der Waals surface area contributed by atoms with E-state index in [1.807, 2.05) is 18.2 Å². The Hall–Kier alpha value is -1.49. The van der Waals surface area contributed by atoms with E-state index in [0.717, 1.165) is 18.7 Å². The fourth-order valence-corrected chi connectivity index (χ4v) is 2.10. The van der Waals surface area contributed by atoms with Gasteiger partial charge in [0, 0.05) is 18.8 Å². The highest BCUT2D eigenvalue weighted by atomic mass is 15.1. The van der Waals surface area contributed by atoms with E-state index in [-0.39, 0.29) is 0 Å². The molecule has 0 bridgehead atoms. The van der Waals surface area contributed by atoms with Crippen molar-refractivity contribution in [3.63, 3.8) is 0 Å². The number of hydrogen-bond acceptors (Lipinski definition) is 2. The van der Waals surface area contributed by atoms with Gasteiger partial charge in [-0.2, -0.15) is 5.26 Å². The van der Waals surface area contributed by atoms with Crippen molar-refractivity contribution in [3.8, 4) is 6.07 Å². The lowest BCUT2D eigenvalue weighted by Gasteiger charge is -2.22. The summed E-state index contributed by atoms with van der Waals surface area (Å²) in [5.74, 6) is 0. The number of nitrogens with zero attached hydrogens (tertiary/aromatic N) is 2. The Morgan fingerprint density at radius 3 is 2.47 bits per heavy atom. The van der Waals surface area contributed by atoms with E-state index in [9.17, 15) is 0 Å². The molecule has 0 aliphatic carbocycles. The first-order valence-electron chi connectivity index (χ1n) is 5.65. The smallest absolute Gasteiger partial charge is 0.0992 e. The summed E-state index contributed by atoms with van der Waals surface area (Å²) in [6, 6.07) is 10.1. The number of hydrogen-bond donors (Lipinski definition) is 0. The third-order valence-corrected chi connectivity index (χ3v) is 2.95. The van der Waals surface area contributed by atoms with Crippen LogP contribution in [0.3, 0.4) is 0 Å². The van der Waals surface area contributed by atoms with Crippen LogP contribution in [-0.2, 0) is 0 Å². The first-order chi connectivity index (χ1) is 7.40. The van der Waals surface area contributed by atoms with Crippen molar-refractivity contribution in [3.05, 3.63) is 29.8 Å². The van der Waals surface area contributed by atoms with Crippen molar-refractivity contribution >= 4 is 5.69 Å². The number of rotatable bonds is 1. The van der Waals surface area contributed by atoms with Crippen LogP contribution in [0.15, 0.2) is 24.3 Å². The third-order valence-electron chi connectivity index (χ3n) is 2.95. The molecule has 1 aromatic carbocycles. The molecule has 2 rings (SSSR count). The standard InChI is InChI=1S/C13H16N2/c14-11-12-6-5-7-13(10-12)15-8-3-1-2-4-9-15/h5-7,10H,1-4,8-9H2. The van der Waals surface area contributed by atoms with E-state index >= 15 is 0 Å². The van der Waals surface area contributed by atoms with Gasteiger partial charge in [-0.1, -0.05) is 18.9 Å². The lowest BCUT2D eigenvalue weighted by Crippen LogP contribution is -2.23. The number of benzene rings is 1. The molecule has 1 heterocycles. The van der Waals surface area contributed by atoms with Crippen LogP contribution >= 0.6 is 0 Å². The predicted octanol–water partition coefficient (Wildman–Crippen LogP) is 2.94. The summed E-state index contributed by atoms with van der Waals surface area (Å²) in [6.07, 6.45) is 5.23. The Morgan fingerprint density at radius 1 is 1.07 bits per heavy atom. The van der Waals surface area contributed by atoms with Crippen LogP contribution in [-0.4, -0.2) is 13.1 Å². The Kier molecular flexibility index (Phi) is 3.24. The molecule has 15 heavy (non-hydrogen) atoms. The minimum absolute atomic E-state index is 0.761. The summed E-state index contributed by atoms with van der Waals surface area (Å²) in [4.78, 5) is 2.40. The van der Waals surface area contributed by atoms with Crippen molar-refractivity contribution in [1.29, 1.82) is 5.26 Å². The molecule has 2 heteroatoms. The zero-order valence-electron chi connectivity index (χ0n) is 8.95. The minimum Gasteiger partial charge on any atom is -0.372 e. The van der Waals surface area contributed by atoms with Crippen molar-refractivity contribution in [1.82, 2.24) is 0 Å². The Bertz CT molecular complexity index is 357. The zero-order valence-corrected chi connectivity index (χ0v) is 8.95. The molecule has 0 spiro atoms. The maximum atomic E-state index is 8.85. The molecule has 78 valence electrons. The van der Waals surface area contributed by atoms with Crippen molar-refractivity contribution < 1.29 is 0 Å². The third kappa shape index (κ3) is 2.50. The molecule has 1 aromatic rings. The Labute approximate surface area is 91.1 Å². The molecule has 0 N–H and O–H groups in total. The van der Waals surface area contributed by atoms with Gasteiger partial charge in [0.15, 0.2) is 0 Å². The molecular weight excluding hydrogens is 184 g/mol. The lowest BCUT2D eigenvalue weighted by atomic mass is 10.2. The second-order valence-electron chi connectivity index (χ2n) is 4.06. The molecule has 0 saturated carbocycles. The van der Waals surface area contributed by atoms with Gasteiger partial charge in [0.1, 0.15) is 0 Å². The average molecular weight is 200 g/mol. The summed E-state index contributed by atoms with van der Waals surface area (Å²) in [6.45, 7) is 2.27. The van der Waals surface area contributed by atoms with Crippen LogP contribution in [0.5, 0.6) is 0 Å². The van der Waals surface area contributed by atoms with Gasteiger partial charge in [-0.3, -0.25) is 0 Å². The molecular formula is C13H16N2. The number of anilines is 1. The van der Waals surface area contributed by atoms with Crippen LogP contribution < -0.4 is 4.90 Å². The van der Waals surface area contributed by atoms with Crippen molar-refractivity contribution in [2.45, 2.75) is 25.7 Å². The van der Waals surface area contributed by atoms with E-state index in [1.54, 1.807) is 0 Å². The van der Waals surface area contributed by atoms with E-state index in [0.29, 0.717) is 0 Å². The molecule has 0 aromatic heterocycles. The average Bonchev–Trinajstić information content (AvgIpc) is 2.58. The molecule has 0 unspecified atom stereocenters. The second kappa shape index (κ2) is 4.84. The van der Waals surface area contributed by atoms with Crippen molar-refractivity contribution in [2.24, 2.45) is 0 Å². The van der Waals surface area contributed by atoms with E-state index in [2.05, 4.69) is 17.0 Å². The summed E-state index contributed by atoms with van der Waals surface area (Å²) >= 11 is 0. The maximum absolute atomic E-state index is 8.85. The molecule has 2 nitrogen and oxygen atoms in total. The first-order valence-corrected chi connectivity index (χ1v) is 5.65. The highest BCUT2D eigenvalue weighted by molar-refractivity contribution is 5.51. The van der Waals surface area contributed by atoms with E-state index in [1.165, 1.54) is 31.4 Å². The minimum atomic E-state index is 0.761. The Balaban J connectivity index is 2.16. The quantitative estimate of drug-likeness (QED) is 0.697. The SMILES string of the molecule is N#Cc1cccc(N2CCCCCC2)c1. The van der Waals surface area contributed by atoms with Crippen LogP contribution in [0.4, 0.5) is 5.69 Å². The van der Waals surface area contributed by atoms with Gasteiger partial charge < -0.3 is 4.90 Å². The fraction of sp³-hybridized carbons (Fsp3) is 0.462. The first kappa shape index (κ1) is 10.0. The molecule has 0 atom stereocenters. The van der Waals surface area contributed by atoms with Gasteiger partial charge in [-0.15, -0.1) is 0 Å². The van der Waals surface area contributed by atoms with Crippen LogP contribution in [0.2, 0.25) is 0 Å². The van der Waals surface area contributed by atoms with Crippen LogP contribution in [0.25, 0.3) is 0 Å². The fourth-order valence-electron chi connectivity index (χ4n) is 2.10. The summed E-state index contributed by atoms with van der Waals surface area (Å²) in [7, 11) is 0. The van der Waals surface area contributed by atoms with Crippen LogP contribution in [0, 0.1) is 11.3 Å².